The van der Waals surface area contributed by atoms with E-state index >= 15 is 0 Å². The first-order valence-corrected chi connectivity index (χ1v) is 13.5. The van der Waals surface area contributed by atoms with E-state index < -0.39 is 35.4 Å². The number of anilines is 1. The highest BCUT2D eigenvalue weighted by Crippen LogP contribution is 2.33. The first kappa shape index (κ1) is 33.8. The van der Waals surface area contributed by atoms with Crippen molar-refractivity contribution in [1.29, 1.82) is 5.41 Å². The minimum Gasteiger partial charge on any atom is -0.493 e. The van der Waals surface area contributed by atoms with Gasteiger partial charge < -0.3 is 30.2 Å². The first-order chi connectivity index (χ1) is 22.2. The molecule has 1 atom stereocenters. The second kappa shape index (κ2) is 13.9. The number of aromatic amines is 1. The lowest BCUT2D eigenvalue weighted by Gasteiger charge is -2.20. The van der Waals surface area contributed by atoms with E-state index in [0.29, 0.717) is 16.8 Å². The number of benzene rings is 3. The molecule has 0 aliphatic carbocycles. The Hall–Kier alpha value is -6.13. The molecule has 1 amide bonds. The van der Waals surface area contributed by atoms with Gasteiger partial charge in [-0.05, 0) is 54.1 Å². The number of nitrogens with zero attached hydrogens (tertiary/aromatic N) is 3. The van der Waals surface area contributed by atoms with Crippen molar-refractivity contribution in [1.82, 2.24) is 19.7 Å². The maximum absolute atomic E-state index is 13.2. The van der Waals surface area contributed by atoms with Crippen molar-refractivity contribution in [3.8, 4) is 17.2 Å². The van der Waals surface area contributed by atoms with Gasteiger partial charge in [0.15, 0.2) is 23.9 Å². The van der Waals surface area contributed by atoms with Crippen molar-refractivity contribution in [2.75, 3.05) is 33.1 Å². The minimum absolute atomic E-state index is 0.0151. The maximum Gasteiger partial charge on any atom is 0.491 e. The number of methoxy groups -OCH3 is 1. The van der Waals surface area contributed by atoms with Crippen LogP contribution in [0.15, 0.2) is 71.5 Å². The third-order valence-corrected chi connectivity index (χ3v) is 6.56. The highest BCUT2D eigenvalue weighted by Gasteiger charge is 2.43. The number of nitrogens with two attached hydrogens (primary N) is 1. The number of ether oxygens (including phenoxy) is 3. The van der Waals surface area contributed by atoms with Crippen molar-refractivity contribution in [2.45, 2.75) is 12.2 Å². The Labute approximate surface area is 264 Å². The zero-order chi connectivity index (χ0) is 34.5. The lowest BCUT2D eigenvalue weighted by Crippen LogP contribution is -2.29. The Morgan fingerprint density at radius 1 is 1.06 bits per heavy atom. The van der Waals surface area contributed by atoms with Crippen LogP contribution in [0.3, 0.4) is 0 Å². The smallest absolute Gasteiger partial charge is 0.491 e. The summed E-state index contributed by atoms with van der Waals surface area (Å²) in [5.74, 6) is -4.35. The van der Waals surface area contributed by atoms with Crippen molar-refractivity contribution in [3.05, 3.63) is 99.7 Å². The second-order valence-corrected chi connectivity index (χ2v) is 9.97. The number of amides is 1. The number of hydrogen-bond donors (Lipinski definition) is 4. The summed E-state index contributed by atoms with van der Waals surface area (Å²) >= 11 is 0. The number of para-hydroxylation sites is 1. The summed E-state index contributed by atoms with van der Waals surface area (Å²) in [6.07, 6.45) is -5.42. The van der Waals surface area contributed by atoms with Crippen LogP contribution in [0.2, 0.25) is 0 Å². The predicted octanol–water partition coefficient (Wildman–Crippen LogP) is 2.77. The normalized spacial score (nSPS) is 11.7. The van der Waals surface area contributed by atoms with E-state index in [4.69, 9.17) is 20.6 Å². The lowest BCUT2D eigenvalue weighted by atomic mass is 10.0. The van der Waals surface area contributed by atoms with Crippen LogP contribution < -0.4 is 26.2 Å². The van der Waals surface area contributed by atoms with Gasteiger partial charge in [-0.2, -0.15) is 17.9 Å². The number of nitrogens with one attached hydrogen (secondary N) is 3. The molecule has 0 bridgehead atoms. The number of aromatic nitrogens is 3. The Balaban J connectivity index is 1.77. The van der Waals surface area contributed by atoms with Gasteiger partial charge in [0.1, 0.15) is 11.9 Å². The number of hydrogen-bond acceptors (Lipinski definition) is 10. The van der Waals surface area contributed by atoms with Crippen LogP contribution in [-0.4, -0.2) is 77.3 Å². The minimum atomic E-state index is -5.42. The third-order valence-electron chi connectivity index (χ3n) is 6.56. The number of alkyl halides is 3. The van der Waals surface area contributed by atoms with Gasteiger partial charge in [-0.3, -0.25) is 15.2 Å². The van der Waals surface area contributed by atoms with Crippen LogP contribution in [0.25, 0.3) is 5.69 Å². The van der Waals surface area contributed by atoms with Gasteiger partial charge >= 0.3 is 23.8 Å². The molecule has 4 rings (SSSR count). The summed E-state index contributed by atoms with van der Waals surface area (Å²) in [5.41, 5.74) is 5.30. The monoisotopic (exact) mass is 655 g/mol. The number of amidine groups is 1. The Morgan fingerprint density at radius 2 is 1.74 bits per heavy atom. The topological polar surface area (TPSA) is 195 Å². The van der Waals surface area contributed by atoms with Crippen LogP contribution in [0.1, 0.15) is 33.4 Å². The first-order valence-electron chi connectivity index (χ1n) is 13.5. The van der Waals surface area contributed by atoms with E-state index in [9.17, 15) is 32.3 Å². The van der Waals surface area contributed by atoms with Crippen molar-refractivity contribution in [2.24, 2.45) is 5.73 Å². The van der Waals surface area contributed by atoms with Crippen LogP contribution in [0.4, 0.5) is 18.9 Å². The van der Waals surface area contributed by atoms with Crippen molar-refractivity contribution < 1.29 is 41.8 Å². The fourth-order valence-corrected chi connectivity index (χ4v) is 4.14. The van der Waals surface area contributed by atoms with Crippen molar-refractivity contribution >= 4 is 29.4 Å². The largest absolute Gasteiger partial charge is 0.493 e. The van der Waals surface area contributed by atoms with E-state index in [1.807, 2.05) is 0 Å². The van der Waals surface area contributed by atoms with Gasteiger partial charge in [-0.25, -0.2) is 14.4 Å². The number of nitrogen functional groups attached to an aromatic ring is 1. The van der Waals surface area contributed by atoms with Crippen LogP contribution in [-0.2, 0) is 14.3 Å². The molecule has 0 fully saturated rings. The fourth-order valence-electron chi connectivity index (χ4n) is 4.14. The fraction of sp³-hybridized carbons (Fsp3) is 0.200. The van der Waals surface area contributed by atoms with Gasteiger partial charge in [0.05, 0.1) is 18.4 Å². The number of likely N-dealkylation sites (N-methyl/N-ethyl adjacent to an activating group) is 1. The molecule has 1 aromatic heterocycles. The number of carbonyl (C=O) groups excluding carboxylic acids is 3. The second-order valence-electron chi connectivity index (χ2n) is 9.97. The van der Waals surface area contributed by atoms with Crippen LogP contribution in [0, 0.1) is 5.41 Å². The molecule has 246 valence electrons. The predicted molar refractivity (Wildman–Crippen MR) is 161 cm³/mol. The number of H-pyrrole nitrogens is 1. The summed E-state index contributed by atoms with van der Waals surface area (Å²) in [5, 5.41) is 15.2. The third kappa shape index (κ3) is 7.94. The average molecular weight is 656 g/mol. The highest BCUT2D eigenvalue weighted by molar-refractivity contribution is 6.00. The average Bonchev–Trinajstić information content (AvgIpc) is 3.42. The van der Waals surface area contributed by atoms with E-state index in [2.05, 4.69) is 20.1 Å². The number of esters is 2. The van der Waals surface area contributed by atoms with Gasteiger partial charge in [0, 0.05) is 25.3 Å². The van der Waals surface area contributed by atoms with Crippen LogP contribution in [0.5, 0.6) is 11.5 Å². The summed E-state index contributed by atoms with van der Waals surface area (Å²) in [6, 6.07) is 15.2. The van der Waals surface area contributed by atoms with Gasteiger partial charge in [-0.15, -0.1) is 5.10 Å². The van der Waals surface area contributed by atoms with E-state index in [-0.39, 0.29) is 41.4 Å². The molecule has 5 N–H and O–H groups in total. The molecule has 0 saturated carbocycles. The molecule has 4 aromatic rings. The Bertz CT molecular complexity index is 1870. The number of halogens is 3. The number of rotatable bonds is 11. The Kier molecular flexibility index (Phi) is 9.97. The van der Waals surface area contributed by atoms with E-state index in [1.165, 1.54) is 30.2 Å². The molecule has 47 heavy (non-hydrogen) atoms. The molecule has 3 aromatic carbocycles. The SMILES string of the molecule is COc1cc(C(Nc2ccc(C(=N)N)cc2)c2nn(-c3ccccc3C(=O)OC(=O)C(F)(F)F)c(=O)[nH]2)ccc1OCC(=O)N(C)C. The summed E-state index contributed by atoms with van der Waals surface area (Å²) in [6.45, 7) is -0.263. The standard InChI is InChI=1S/C30H28F3N7O7/c1-39(2)23(41)15-46-21-13-10-17(14-22(21)45-3)24(36-18-11-8-16(9-12-18)25(34)35)26-37-29(44)40(38-26)20-7-5-4-6-19(20)27(42)47-28(43)30(31,32)33/h4-14,24,36H,15H2,1-3H3,(H3,34,35)(H,37,38,44). The van der Waals surface area contributed by atoms with Gasteiger partial charge in [0.25, 0.3) is 5.91 Å². The van der Waals surface area contributed by atoms with E-state index in [0.717, 1.165) is 10.7 Å². The Morgan fingerprint density at radius 3 is 2.36 bits per heavy atom. The molecule has 1 heterocycles. The quantitative estimate of drug-likeness (QED) is 0.0808. The van der Waals surface area contributed by atoms with Gasteiger partial charge in [0.2, 0.25) is 0 Å². The maximum atomic E-state index is 13.2. The molecule has 17 heteroatoms. The summed E-state index contributed by atoms with van der Waals surface area (Å²) in [4.78, 5) is 53.0. The molecule has 0 aliphatic rings. The zero-order valence-electron chi connectivity index (χ0n) is 25.0. The molecule has 0 saturated heterocycles. The molecular formula is C30H28F3N7O7. The van der Waals surface area contributed by atoms with Crippen molar-refractivity contribution in [3.63, 3.8) is 0 Å². The lowest BCUT2D eigenvalue weighted by molar-refractivity contribution is -0.193. The molecule has 0 radical (unpaired) electrons. The molecule has 0 spiro atoms. The summed E-state index contributed by atoms with van der Waals surface area (Å²) in [7, 11) is 4.54. The van der Waals surface area contributed by atoms with Gasteiger partial charge in [-0.1, -0.05) is 18.2 Å². The van der Waals surface area contributed by atoms with E-state index in [1.54, 1.807) is 56.6 Å². The highest BCUT2D eigenvalue weighted by atomic mass is 19.4. The van der Waals surface area contributed by atoms with Crippen LogP contribution >= 0.6 is 0 Å². The molecule has 14 nitrogen and oxygen atoms in total. The molecular weight excluding hydrogens is 627 g/mol. The zero-order valence-corrected chi connectivity index (χ0v) is 25.0. The molecule has 0 aliphatic heterocycles. The number of carbonyl (C=O) groups is 3. The summed E-state index contributed by atoms with van der Waals surface area (Å²) < 4.78 is 54.0. The molecule has 1 unspecified atom stereocenters.